The van der Waals surface area contributed by atoms with E-state index in [1.165, 1.54) is 69.6 Å². The lowest BCUT2D eigenvalue weighted by Crippen LogP contribution is -2.32. The molecule has 0 heterocycles. The maximum Gasteiger partial charge on any atom is 0.126 e. The van der Waals surface area contributed by atoms with Crippen molar-refractivity contribution in [2.24, 2.45) is 17.3 Å². The zero-order valence-corrected chi connectivity index (χ0v) is 18.8. The highest BCUT2D eigenvalue weighted by Crippen LogP contribution is 2.47. The molecule has 0 bridgehead atoms. The van der Waals surface area contributed by atoms with Crippen LogP contribution in [-0.2, 0) is 11.2 Å². The fourth-order valence-corrected chi connectivity index (χ4v) is 5.88. The first-order valence-corrected chi connectivity index (χ1v) is 12.3. The first-order valence-electron chi connectivity index (χ1n) is 12.3. The number of aryl methyl sites for hydroxylation is 1. The van der Waals surface area contributed by atoms with Crippen LogP contribution in [0.1, 0.15) is 101 Å². The van der Waals surface area contributed by atoms with Gasteiger partial charge in [0, 0.05) is 11.5 Å². The van der Waals surface area contributed by atoms with E-state index >= 15 is 0 Å². The number of hydrogen-bond acceptors (Lipinski definition) is 2. The summed E-state index contributed by atoms with van der Waals surface area (Å²) in [5, 5.41) is 8.63. The Kier molecular flexibility index (Phi) is 8.74. The maximum absolute atomic E-state index is 11.8. The molecule has 2 fully saturated rings. The third-order valence-electron chi connectivity index (χ3n) is 7.99. The molecule has 2 heteroatoms. The number of unbranched alkanes of at least 4 members (excludes halogenated alkanes) is 1. The van der Waals surface area contributed by atoms with E-state index in [9.17, 15) is 4.79 Å². The summed E-state index contributed by atoms with van der Waals surface area (Å²) < 4.78 is 0. The van der Waals surface area contributed by atoms with Gasteiger partial charge in [-0.2, -0.15) is 5.26 Å². The van der Waals surface area contributed by atoms with E-state index in [0.29, 0.717) is 0 Å². The molecule has 0 N–H and O–H groups in total. The van der Waals surface area contributed by atoms with E-state index in [-0.39, 0.29) is 5.41 Å². The average Bonchev–Trinajstić information content (AvgIpc) is 2.81. The van der Waals surface area contributed by atoms with Crippen LogP contribution in [0, 0.1) is 28.6 Å². The van der Waals surface area contributed by atoms with Gasteiger partial charge in [-0.15, -0.1) is 0 Å². The highest BCUT2D eigenvalue weighted by molar-refractivity contribution is 5.59. The molecule has 3 rings (SSSR count). The summed E-state index contributed by atoms with van der Waals surface area (Å²) in [4.78, 5) is 11.8. The molecule has 0 atom stereocenters. The van der Waals surface area contributed by atoms with Gasteiger partial charge >= 0.3 is 0 Å². The fourth-order valence-electron chi connectivity index (χ4n) is 5.88. The Morgan fingerprint density at radius 2 is 1.70 bits per heavy atom. The Hall–Kier alpha value is -1.88. The van der Waals surface area contributed by atoms with Gasteiger partial charge in [0.1, 0.15) is 6.29 Å². The smallest absolute Gasteiger partial charge is 0.126 e. The van der Waals surface area contributed by atoms with E-state index in [1.807, 2.05) is 12.1 Å². The standard InChI is InChI=1S/C28H39NO/c1-2-3-7-23-8-10-24(11-9-23)25-12-14-26(15-13-25)27-16-19-28(22-30,20-17-27)18-5-4-6-21-29/h4,6,8-11,22,25-27H,2-3,5,7,12-20H2,1H3/t25-,26-,27-,28+. The lowest BCUT2D eigenvalue weighted by atomic mass is 9.63. The largest absolute Gasteiger partial charge is 0.303 e. The summed E-state index contributed by atoms with van der Waals surface area (Å²) in [6.07, 6.45) is 20.1. The number of aldehydes is 1. The average molecular weight is 406 g/mol. The topological polar surface area (TPSA) is 40.9 Å². The first kappa shape index (κ1) is 22.8. The number of nitrogens with zero attached hydrogens (tertiary/aromatic N) is 1. The second-order valence-corrected chi connectivity index (χ2v) is 9.84. The van der Waals surface area contributed by atoms with E-state index < -0.39 is 0 Å². The Morgan fingerprint density at radius 3 is 2.30 bits per heavy atom. The minimum absolute atomic E-state index is 0.132. The number of carbonyl (C=O) groups is 1. The number of carbonyl (C=O) groups excluding carboxylic acids is 1. The molecular formula is C28H39NO. The molecule has 2 aliphatic carbocycles. The summed E-state index contributed by atoms with van der Waals surface area (Å²) >= 11 is 0. The van der Waals surface area contributed by atoms with Crippen molar-refractivity contribution in [1.82, 2.24) is 0 Å². The minimum Gasteiger partial charge on any atom is -0.303 e. The lowest BCUT2D eigenvalue weighted by Gasteiger charge is -2.41. The number of nitriles is 1. The molecule has 2 aliphatic rings. The summed E-state index contributed by atoms with van der Waals surface area (Å²) in [6, 6.07) is 11.5. The molecular weight excluding hydrogens is 366 g/mol. The predicted octanol–water partition coefficient (Wildman–Crippen LogP) is 7.54. The molecule has 162 valence electrons. The van der Waals surface area contributed by atoms with Crippen LogP contribution in [0.5, 0.6) is 0 Å². The van der Waals surface area contributed by atoms with Crippen molar-refractivity contribution in [3.8, 4) is 6.07 Å². The summed E-state index contributed by atoms with van der Waals surface area (Å²) in [5.74, 6) is 2.41. The van der Waals surface area contributed by atoms with Gasteiger partial charge in [-0.05, 0) is 106 Å². The molecule has 0 saturated heterocycles. The van der Waals surface area contributed by atoms with Crippen molar-refractivity contribution in [3.05, 3.63) is 47.5 Å². The van der Waals surface area contributed by atoms with Crippen LogP contribution >= 0.6 is 0 Å². The van der Waals surface area contributed by atoms with Gasteiger partial charge < -0.3 is 4.79 Å². The van der Waals surface area contributed by atoms with Gasteiger partial charge in [0.15, 0.2) is 0 Å². The minimum atomic E-state index is -0.132. The van der Waals surface area contributed by atoms with Crippen molar-refractivity contribution in [3.63, 3.8) is 0 Å². The second-order valence-electron chi connectivity index (χ2n) is 9.84. The molecule has 0 aromatic heterocycles. The van der Waals surface area contributed by atoms with Crippen LogP contribution < -0.4 is 0 Å². The lowest BCUT2D eigenvalue weighted by molar-refractivity contribution is -0.119. The molecule has 0 unspecified atom stereocenters. The first-order chi connectivity index (χ1) is 14.7. The molecule has 2 saturated carbocycles. The van der Waals surface area contributed by atoms with Crippen LogP contribution in [-0.4, -0.2) is 6.29 Å². The molecule has 0 aliphatic heterocycles. The van der Waals surface area contributed by atoms with Crippen LogP contribution in [0.4, 0.5) is 0 Å². The van der Waals surface area contributed by atoms with Gasteiger partial charge in [0.05, 0.1) is 6.07 Å². The van der Waals surface area contributed by atoms with E-state index in [0.717, 1.165) is 43.4 Å². The van der Waals surface area contributed by atoms with E-state index in [2.05, 4.69) is 31.2 Å². The number of allylic oxidation sites excluding steroid dienone is 2. The Labute approximate surface area is 183 Å². The molecule has 1 aromatic rings. The quantitative estimate of drug-likeness (QED) is 0.314. The van der Waals surface area contributed by atoms with Gasteiger partial charge in [0.25, 0.3) is 0 Å². The number of hydrogen-bond donors (Lipinski definition) is 0. The Balaban J connectivity index is 1.45. The summed E-state index contributed by atoms with van der Waals surface area (Å²) in [7, 11) is 0. The summed E-state index contributed by atoms with van der Waals surface area (Å²) in [5.41, 5.74) is 2.90. The second kappa shape index (κ2) is 11.5. The Morgan fingerprint density at radius 1 is 1.03 bits per heavy atom. The van der Waals surface area contributed by atoms with E-state index in [4.69, 9.17) is 5.26 Å². The normalized spacial score (nSPS) is 29.5. The molecule has 0 amide bonds. The van der Waals surface area contributed by atoms with Crippen molar-refractivity contribution >= 4 is 6.29 Å². The van der Waals surface area contributed by atoms with Gasteiger partial charge in [-0.25, -0.2) is 0 Å². The van der Waals surface area contributed by atoms with Crippen LogP contribution in [0.25, 0.3) is 0 Å². The van der Waals surface area contributed by atoms with E-state index in [1.54, 1.807) is 11.6 Å². The highest BCUT2D eigenvalue weighted by Gasteiger charge is 2.38. The predicted molar refractivity (Wildman–Crippen MR) is 124 cm³/mol. The van der Waals surface area contributed by atoms with Crippen molar-refractivity contribution in [1.29, 1.82) is 5.26 Å². The molecule has 0 radical (unpaired) electrons. The maximum atomic E-state index is 11.8. The van der Waals surface area contributed by atoms with Gasteiger partial charge in [-0.3, -0.25) is 0 Å². The third kappa shape index (κ3) is 6.07. The van der Waals surface area contributed by atoms with Crippen LogP contribution in [0.3, 0.4) is 0 Å². The molecule has 2 nitrogen and oxygen atoms in total. The molecule has 1 aromatic carbocycles. The number of benzene rings is 1. The SMILES string of the molecule is CCCCc1ccc([C@H]2CC[C@H]([C@H]3CC[C@](C=O)(CCC=CC#N)CC3)CC2)cc1. The molecule has 0 spiro atoms. The van der Waals surface area contributed by atoms with Crippen molar-refractivity contribution < 1.29 is 4.79 Å². The molecule has 30 heavy (non-hydrogen) atoms. The van der Waals surface area contributed by atoms with Gasteiger partial charge in [0.2, 0.25) is 0 Å². The Bertz CT molecular complexity index is 710. The summed E-state index contributed by atoms with van der Waals surface area (Å²) in [6.45, 7) is 2.26. The van der Waals surface area contributed by atoms with Gasteiger partial charge in [-0.1, -0.05) is 43.7 Å². The van der Waals surface area contributed by atoms with Crippen molar-refractivity contribution in [2.75, 3.05) is 0 Å². The zero-order valence-electron chi connectivity index (χ0n) is 18.8. The van der Waals surface area contributed by atoms with Crippen molar-refractivity contribution in [2.45, 2.75) is 96.3 Å². The zero-order chi connectivity index (χ0) is 21.2. The number of rotatable bonds is 9. The van der Waals surface area contributed by atoms with Crippen LogP contribution in [0.2, 0.25) is 0 Å². The van der Waals surface area contributed by atoms with Crippen LogP contribution in [0.15, 0.2) is 36.4 Å². The highest BCUT2D eigenvalue weighted by atomic mass is 16.1. The fraction of sp³-hybridized carbons (Fsp3) is 0.643. The third-order valence-corrected chi connectivity index (χ3v) is 7.99. The monoisotopic (exact) mass is 405 g/mol.